The minimum atomic E-state index is -0.772. The van der Waals surface area contributed by atoms with Crippen molar-refractivity contribution >= 4 is 12.1 Å². The lowest BCUT2D eigenvalue weighted by Gasteiger charge is -2.21. The summed E-state index contributed by atoms with van der Waals surface area (Å²) in [6, 6.07) is 2.98. The van der Waals surface area contributed by atoms with E-state index >= 15 is 0 Å². The fourth-order valence-corrected chi connectivity index (χ4v) is 1.76. The molecule has 1 heterocycles. The van der Waals surface area contributed by atoms with Gasteiger partial charge in [0.05, 0.1) is 13.0 Å². The Morgan fingerprint density at radius 1 is 1.36 bits per heavy atom. The van der Waals surface area contributed by atoms with Crippen LogP contribution < -0.4 is 10.9 Å². The molecule has 1 aromatic rings. The van der Waals surface area contributed by atoms with Crippen LogP contribution in [0.4, 0.5) is 4.79 Å². The van der Waals surface area contributed by atoms with Crippen molar-refractivity contribution in [2.75, 3.05) is 13.7 Å². The second kappa shape index (κ2) is 7.11. The van der Waals surface area contributed by atoms with Gasteiger partial charge in [-0.25, -0.2) is 4.79 Å². The van der Waals surface area contributed by atoms with Gasteiger partial charge in [-0.1, -0.05) is 0 Å². The van der Waals surface area contributed by atoms with Gasteiger partial charge in [-0.3, -0.25) is 9.59 Å². The summed E-state index contributed by atoms with van der Waals surface area (Å²) in [5.41, 5.74) is -0.400. The lowest BCUT2D eigenvalue weighted by atomic mass is 10.0. The number of hydrogen-bond donors (Lipinski definition) is 1. The Morgan fingerprint density at radius 3 is 2.50 bits per heavy atom. The number of nitrogens with zero attached hydrogens (tertiary/aromatic N) is 1. The molecule has 0 aliphatic carbocycles. The monoisotopic (exact) mass is 310 g/mol. The van der Waals surface area contributed by atoms with Crippen molar-refractivity contribution in [3.05, 3.63) is 34.2 Å². The minimum absolute atomic E-state index is 0.0191. The molecule has 1 unspecified atom stereocenters. The second-order valence-electron chi connectivity index (χ2n) is 5.87. The number of ether oxygens (including phenoxy) is 2. The minimum Gasteiger partial charge on any atom is -0.468 e. The van der Waals surface area contributed by atoms with Gasteiger partial charge < -0.3 is 19.4 Å². The molecule has 1 rings (SSSR count). The number of methoxy groups -OCH3 is 1. The van der Waals surface area contributed by atoms with E-state index in [2.05, 4.69) is 5.32 Å². The van der Waals surface area contributed by atoms with Gasteiger partial charge in [-0.2, -0.15) is 0 Å². The summed E-state index contributed by atoms with van der Waals surface area (Å²) in [4.78, 5) is 35.2. The number of aryl methyl sites for hydroxylation is 1. The standard InChI is InChI=1S/C15H22N2O5/c1-15(2,3)22-14(20)16-9-11(13(19)21-5)10-6-7-17(4)12(18)8-10/h6-8,11H,9H2,1-5H3,(H,16,20). The maximum atomic E-state index is 11.9. The predicted molar refractivity (Wildman–Crippen MR) is 80.7 cm³/mol. The van der Waals surface area contributed by atoms with Gasteiger partial charge >= 0.3 is 12.1 Å². The third kappa shape index (κ3) is 5.23. The molecule has 0 saturated heterocycles. The molecular weight excluding hydrogens is 288 g/mol. The van der Waals surface area contributed by atoms with Crippen molar-refractivity contribution in [3.8, 4) is 0 Å². The van der Waals surface area contributed by atoms with E-state index in [1.165, 1.54) is 17.7 Å². The second-order valence-corrected chi connectivity index (χ2v) is 5.87. The summed E-state index contributed by atoms with van der Waals surface area (Å²) in [7, 11) is 2.86. The molecule has 0 aliphatic rings. The summed E-state index contributed by atoms with van der Waals surface area (Å²) >= 11 is 0. The molecule has 122 valence electrons. The number of esters is 1. The Morgan fingerprint density at radius 2 is 2.00 bits per heavy atom. The Kier molecular flexibility index (Phi) is 5.73. The van der Waals surface area contributed by atoms with E-state index in [4.69, 9.17) is 9.47 Å². The number of hydrogen-bond acceptors (Lipinski definition) is 5. The topological polar surface area (TPSA) is 86.6 Å². The number of amides is 1. The van der Waals surface area contributed by atoms with Crippen LogP contribution in [-0.2, 0) is 21.3 Å². The summed E-state index contributed by atoms with van der Waals surface area (Å²) < 4.78 is 11.2. The van der Waals surface area contributed by atoms with Crippen LogP contribution in [-0.4, -0.2) is 35.9 Å². The van der Waals surface area contributed by atoms with E-state index in [0.717, 1.165) is 0 Å². The van der Waals surface area contributed by atoms with Crippen molar-refractivity contribution in [3.63, 3.8) is 0 Å². The van der Waals surface area contributed by atoms with Crippen molar-refractivity contribution < 1.29 is 19.1 Å². The normalized spacial score (nSPS) is 12.4. The lowest BCUT2D eigenvalue weighted by Crippen LogP contribution is -2.37. The number of aromatic nitrogens is 1. The van der Waals surface area contributed by atoms with Gasteiger partial charge in [0, 0.05) is 25.9 Å². The quantitative estimate of drug-likeness (QED) is 0.844. The molecule has 0 radical (unpaired) electrons. The fourth-order valence-electron chi connectivity index (χ4n) is 1.76. The van der Waals surface area contributed by atoms with Crippen LogP contribution in [0.25, 0.3) is 0 Å². The van der Waals surface area contributed by atoms with Gasteiger partial charge in [-0.05, 0) is 32.4 Å². The number of alkyl carbamates (subject to hydrolysis) is 1. The maximum absolute atomic E-state index is 11.9. The molecule has 0 saturated carbocycles. The summed E-state index contributed by atoms with van der Waals surface area (Å²) in [6.45, 7) is 5.20. The Labute approximate surface area is 129 Å². The first-order valence-electron chi connectivity index (χ1n) is 6.85. The van der Waals surface area contributed by atoms with Crippen LogP contribution in [0.3, 0.4) is 0 Å². The number of carbonyl (C=O) groups excluding carboxylic acids is 2. The molecule has 1 aromatic heterocycles. The van der Waals surface area contributed by atoms with E-state index < -0.39 is 23.6 Å². The van der Waals surface area contributed by atoms with Crippen molar-refractivity contribution in [1.29, 1.82) is 0 Å². The predicted octanol–water partition coefficient (Wildman–Crippen LogP) is 1.17. The number of pyridine rings is 1. The molecule has 0 aliphatic heterocycles. The van der Waals surface area contributed by atoms with Gasteiger partial charge in [0.1, 0.15) is 5.60 Å². The Bertz CT molecular complexity index is 601. The molecule has 22 heavy (non-hydrogen) atoms. The summed E-state index contributed by atoms with van der Waals surface area (Å²) in [5, 5.41) is 2.52. The molecule has 0 bridgehead atoms. The highest BCUT2D eigenvalue weighted by Gasteiger charge is 2.24. The van der Waals surface area contributed by atoms with Gasteiger partial charge in [0.25, 0.3) is 5.56 Å². The first-order valence-corrected chi connectivity index (χ1v) is 6.85. The summed E-state index contributed by atoms with van der Waals surface area (Å²) in [6.07, 6.45) is 0.923. The third-order valence-corrected chi connectivity index (χ3v) is 2.87. The molecule has 7 nitrogen and oxygen atoms in total. The maximum Gasteiger partial charge on any atom is 0.407 e. The summed E-state index contributed by atoms with van der Waals surface area (Å²) in [5.74, 6) is -1.31. The molecule has 1 N–H and O–H groups in total. The zero-order valence-electron chi connectivity index (χ0n) is 13.5. The van der Waals surface area contributed by atoms with Gasteiger partial charge in [0.15, 0.2) is 0 Å². The average molecular weight is 310 g/mol. The average Bonchev–Trinajstić information content (AvgIpc) is 2.40. The Hall–Kier alpha value is -2.31. The van der Waals surface area contributed by atoms with Gasteiger partial charge in [0.2, 0.25) is 0 Å². The van der Waals surface area contributed by atoms with Crippen LogP contribution in [0.1, 0.15) is 32.3 Å². The molecule has 7 heteroatoms. The number of nitrogens with one attached hydrogen (secondary N) is 1. The molecule has 1 atom stereocenters. The van der Waals surface area contributed by atoms with Gasteiger partial charge in [-0.15, -0.1) is 0 Å². The SMILES string of the molecule is COC(=O)C(CNC(=O)OC(C)(C)C)c1ccn(C)c(=O)c1. The van der Waals surface area contributed by atoms with E-state index in [1.54, 1.807) is 40.1 Å². The molecule has 0 fully saturated rings. The van der Waals surface area contributed by atoms with Crippen LogP contribution >= 0.6 is 0 Å². The smallest absolute Gasteiger partial charge is 0.407 e. The van der Waals surface area contributed by atoms with Crippen molar-refractivity contribution in [2.45, 2.75) is 32.3 Å². The zero-order valence-corrected chi connectivity index (χ0v) is 13.5. The van der Waals surface area contributed by atoms with E-state index in [1.807, 2.05) is 0 Å². The fraction of sp³-hybridized carbons (Fsp3) is 0.533. The van der Waals surface area contributed by atoms with Crippen LogP contribution in [0.5, 0.6) is 0 Å². The van der Waals surface area contributed by atoms with E-state index in [-0.39, 0.29) is 12.1 Å². The first kappa shape index (κ1) is 17.7. The Balaban J connectivity index is 2.86. The first-order chi connectivity index (χ1) is 10.1. The molecular formula is C15H22N2O5. The lowest BCUT2D eigenvalue weighted by molar-refractivity contribution is -0.142. The number of carbonyl (C=O) groups is 2. The highest BCUT2D eigenvalue weighted by atomic mass is 16.6. The van der Waals surface area contributed by atoms with Crippen LogP contribution in [0.15, 0.2) is 23.1 Å². The van der Waals surface area contributed by atoms with Crippen LogP contribution in [0, 0.1) is 0 Å². The van der Waals surface area contributed by atoms with Crippen molar-refractivity contribution in [2.24, 2.45) is 7.05 Å². The van der Waals surface area contributed by atoms with Crippen molar-refractivity contribution in [1.82, 2.24) is 9.88 Å². The zero-order chi connectivity index (χ0) is 16.9. The third-order valence-electron chi connectivity index (χ3n) is 2.87. The number of rotatable bonds is 4. The molecule has 0 aromatic carbocycles. The van der Waals surface area contributed by atoms with E-state index in [9.17, 15) is 14.4 Å². The van der Waals surface area contributed by atoms with Crippen LogP contribution in [0.2, 0.25) is 0 Å². The molecule has 1 amide bonds. The molecule has 0 spiro atoms. The van der Waals surface area contributed by atoms with E-state index in [0.29, 0.717) is 5.56 Å². The largest absolute Gasteiger partial charge is 0.468 e. The highest BCUT2D eigenvalue weighted by Crippen LogP contribution is 2.15. The highest BCUT2D eigenvalue weighted by molar-refractivity contribution is 5.79.